The second-order valence-electron chi connectivity index (χ2n) is 8.01. The fraction of sp³-hybridized carbons (Fsp3) is 0.450. The average Bonchev–Trinajstić information content (AvgIpc) is 3.13. The van der Waals surface area contributed by atoms with Crippen molar-refractivity contribution in [2.24, 2.45) is 0 Å². The topological polar surface area (TPSA) is 74.8 Å². The Morgan fingerprint density at radius 1 is 1.28 bits per heavy atom. The monoisotopic (exact) mass is 506 g/mol. The van der Waals surface area contributed by atoms with Gasteiger partial charge in [-0.3, -0.25) is 4.72 Å². The van der Waals surface area contributed by atoms with Crippen molar-refractivity contribution < 1.29 is 21.9 Å². The molecule has 2 aromatic rings. The lowest BCUT2D eigenvalue weighted by molar-refractivity contribution is -0.0937. The van der Waals surface area contributed by atoms with E-state index in [1.807, 2.05) is 16.7 Å². The van der Waals surface area contributed by atoms with Gasteiger partial charge in [0.05, 0.1) is 10.7 Å². The number of pyridine rings is 1. The van der Waals surface area contributed by atoms with Gasteiger partial charge in [-0.05, 0) is 44.6 Å². The number of hydrogen-bond donors (Lipinski definition) is 1. The molecule has 1 aromatic carbocycles. The van der Waals surface area contributed by atoms with Gasteiger partial charge in [-0.25, -0.2) is 17.8 Å². The van der Waals surface area contributed by atoms with Gasteiger partial charge >= 0.3 is 0 Å². The highest BCUT2D eigenvalue weighted by atomic mass is 35.5. The van der Waals surface area contributed by atoms with Gasteiger partial charge in [-0.1, -0.05) is 29.3 Å². The zero-order valence-corrected chi connectivity index (χ0v) is 19.7. The van der Waals surface area contributed by atoms with Crippen molar-refractivity contribution in [2.45, 2.75) is 29.4 Å². The van der Waals surface area contributed by atoms with Gasteiger partial charge in [-0.15, -0.1) is 0 Å². The second-order valence-corrected chi connectivity index (χ2v) is 10.4. The molecule has 2 aliphatic rings. The highest BCUT2D eigenvalue weighted by Gasteiger charge is 2.50. The number of methoxy groups -OCH3 is 1. The van der Waals surface area contributed by atoms with E-state index in [1.165, 1.54) is 18.2 Å². The van der Waals surface area contributed by atoms with Crippen LogP contribution in [0.5, 0.6) is 0 Å². The fourth-order valence-corrected chi connectivity index (χ4v) is 6.42. The molecule has 0 radical (unpaired) electrons. The number of nitrogens with one attached hydrogen (secondary N) is 1. The van der Waals surface area contributed by atoms with Crippen LogP contribution in [-0.2, 0) is 14.8 Å². The zero-order chi connectivity index (χ0) is 23.3. The third-order valence-corrected chi connectivity index (χ3v) is 8.41. The molecule has 4 rings (SSSR count). The summed E-state index contributed by atoms with van der Waals surface area (Å²) in [6.07, 6.45) is 1.71. The van der Waals surface area contributed by atoms with Crippen LogP contribution in [0, 0.1) is 11.8 Å². The van der Waals surface area contributed by atoms with Gasteiger partial charge in [0, 0.05) is 26.2 Å². The number of nitrogens with zero attached hydrogens (tertiary/aromatic N) is 3. The highest BCUT2D eigenvalue weighted by Crippen LogP contribution is 2.43. The number of aromatic nitrogens is 1. The first-order chi connectivity index (χ1) is 15.1. The second kappa shape index (κ2) is 8.57. The predicted molar refractivity (Wildman–Crippen MR) is 119 cm³/mol. The summed E-state index contributed by atoms with van der Waals surface area (Å²) in [4.78, 5) is 6.67. The first-order valence-corrected chi connectivity index (χ1v) is 12.1. The third-order valence-electron chi connectivity index (χ3n) is 6.23. The van der Waals surface area contributed by atoms with Crippen LogP contribution in [0.25, 0.3) is 0 Å². The lowest BCUT2D eigenvalue weighted by Crippen LogP contribution is -2.61. The minimum absolute atomic E-state index is 0.235. The number of benzene rings is 1. The molecular weight excluding hydrogens is 485 g/mol. The first-order valence-electron chi connectivity index (χ1n) is 9.91. The Hall–Kier alpha value is -1.72. The number of anilines is 2. The molecule has 1 N–H and O–H groups in total. The Kier molecular flexibility index (Phi) is 6.28. The lowest BCUT2D eigenvalue weighted by Gasteiger charge is -2.48. The standard InChI is InChI=1S/C20H22Cl2F2N4O3S/c1-27-8-6-14(27)20(31-2)7-9-28(11-20)13-10-12(21)19(18(24)17(13)22)32(29,30)26-16-5-3-4-15(23)25-16/h3-5,10,14H,6-9,11H2,1-2H3,(H,25,26)/t14-,20+/m0/s1. The molecule has 1 aromatic heterocycles. The summed E-state index contributed by atoms with van der Waals surface area (Å²) in [5, 5.41) is -0.711. The van der Waals surface area contributed by atoms with E-state index in [9.17, 15) is 12.8 Å². The molecule has 0 amide bonds. The lowest BCUT2D eigenvalue weighted by atomic mass is 9.84. The summed E-state index contributed by atoms with van der Waals surface area (Å²) in [5.41, 5.74) is -0.146. The number of likely N-dealkylation sites (tertiary alicyclic amines) is 1. The molecule has 2 saturated heterocycles. The predicted octanol–water partition coefficient (Wildman–Crippen LogP) is 3.77. The van der Waals surface area contributed by atoms with Crippen molar-refractivity contribution in [1.29, 1.82) is 0 Å². The van der Waals surface area contributed by atoms with Crippen LogP contribution in [-0.4, -0.2) is 63.7 Å². The van der Waals surface area contributed by atoms with E-state index in [4.69, 9.17) is 27.9 Å². The van der Waals surface area contributed by atoms with E-state index in [2.05, 4.69) is 9.88 Å². The van der Waals surface area contributed by atoms with E-state index >= 15 is 4.39 Å². The maximum absolute atomic E-state index is 15.2. The van der Waals surface area contributed by atoms with E-state index in [-0.39, 0.29) is 27.6 Å². The number of hydrogen-bond acceptors (Lipinski definition) is 6. The fourth-order valence-electron chi connectivity index (χ4n) is 4.46. The van der Waals surface area contributed by atoms with Crippen molar-refractivity contribution in [3.05, 3.63) is 46.1 Å². The van der Waals surface area contributed by atoms with Crippen LogP contribution in [0.15, 0.2) is 29.2 Å². The Labute approximate surface area is 195 Å². The van der Waals surface area contributed by atoms with Crippen LogP contribution in [0.1, 0.15) is 12.8 Å². The molecule has 2 fully saturated rings. The molecule has 7 nitrogen and oxygen atoms in total. The molecule has 0 bridgehead atoms. The summed E-state index contributed by atoms with van der Waals surface area (Å²) in [6.45, 7) is 1.99. The van der Waals surface area contributed by atoms with Crippen LogP contribution in [0.2, 0.25) is 10.0 Å². The molecule has 0 unspecified atom stereocenters. The number of likely N-dealkylation sites (N-methyl/N-ethyl adjacent to an activating group) is 1. The highest BCUT2D eigenvalue weighted by molar-refractivity contribution is 7.92. The number of halogens is 4. The van der Waals surface area contributed by atoms with Gasteiger partial charge in [0.25, 0.3) is 10.0 Å². The molecule has 2 atom stereocenters. The molecule has 0 spiro atoms. The minimum atomic E-state index is -4.52. The molecule has 0 saturated carbocycles. The SMILES string of the molecule is CO[C@]1([C@@H]2CCN2C)CCN(c2cc(Cl)c(S(=O)(=O)Nc3cccc(F)n3)c(F)c2Cl)C1. The summed E-state index contributed by atoms with van der Waals surface area (Å²) in [6, 6.07) is 5.11. The molecule has 3 heterocycles. The number of rotatable bonds is 6. The largest absolute Gasteiger partial charge is 0.375 e. The first kappa shape index (κ1) is 23.4. The number of ether oxygens (including phenoxy) is 1. The van der Waals surface area contributed by atoms with Crippen LogP contribution in [0.4, 0.5) is 20.3 Å². The van der Waals surface area contributed by atoms with Crippen LogP contribution in [0.3, 0.4) is 0 Å². The van der Waals surface area contributed by atoms with Gasteiger partial charge in [0.15, 0.2) is 5.82 Å². The molecular formula is C20H22Cl2F2N4O3S. The van der Waals surface area contributed by atoms with Crippen LogP contribution < -0.4 is 9.62 Å². The minimum Gasteiger partial charge on any atom is -0.375 e. The van der Waals surface area contributed by atoms with Crippen molar-refractivity contribution in [3.63, 3.8) is 0 Å². The van der Waals surface area contributed by atoms with Crippen molar-refractivity contribution >= 4 is 44.7 Å². The van der Waals surface area contributed by atoms with Gasteiger partial charge in [0.1, 0.15) is 21.3 Å². The van der Waals surface area contributed by atoms with Gasteiger partial charge in [0.2, 0.25) is 5.95 Å². The summed E-state index contributed by atoms with van der Waals surface area (Å²) in [7, 11) is -0.829. The van der Waals surface area contributed by atoms with Gasteiger partial charge in [-0.2, -0.15) is 4.39 Å². The zero-order valence-electron chi connectivity index (χ0n) is 17.4. The van der Waals surface area contributed by atoms with E-state index in [0.717, 1.165) is 19.0 Å². The third kappa shape index (κ3) is 4.03. The van der Waals surface area contributed by atoms with Crippen LogP contribution >= 0.6 is 23.2 Å². The van der Waals surface area contributed by atoms with E-state index < -0.39 is 32.3 Å². The van der Waals surface area contributed by atoms with Crippen molar-refractivity contribution in [2.75, 3.05) is 43.4 Å². The maximum atomic E-state index is 15.2. The maximum Gasteiger partial charge on any atom is 0.267 e. The Morgan fingerprint density at radius 3 is 2.62 bits per heavy atom. The number of sulfonamides is 1. The summed E-state index contributed by atoms with van der Waals surface area (Å²) in [5.74, 6) is -2.39. The van der Waals surface area contributed by atoms with Crippen molar-refractivity contribution in [1.82, 2.24) is 9.88 Å². The average molecular weight is 507 g/mol. The molecule has 174 valence electrons. The Bertz CT molecular complexity index is 1150. The Balaban J connectivity index is 1.65. The van der Waals surface area contributed by atoms with E-state index in [0.29, 0.717) is 19.5 Å². The molecule has 2 aliphatic heterocycles. The molecule has 32 heavy (non-hydrogen) atoms. The quantitative estimate of drug-likeness (QED) is 0.474. The summed E-state index contributed by atoms with van der Waals surface area (Å²) >= 11 is 12.5. The van der Waals surface area contributed by atoms with Crippen molar-refractivity contribution in [3.8, 4) is 0 Å². The normalized spacial score (nSPS) is 23.9. The smallest absolute Gasteiger partial charge is 0.267 e. The molecule has 0 aliphatic carbocycles. The van der Waals surface area contributed by atoms with Gasteiger partial charge < -0.3 is 14.5 Å². The molecule has 12 heteroatoms. The summed E-state index contributed by atoms with van der Waals surface area (Å²) < 4.78 is 62.0. The Morgan fingerprint density at radius 2 is 2.03 bits per heavy atom. The van der Waals surface area contributed by atoms with E-state index in [1.54, 1.807) is 7.11 Å².